The van der Waals surface area contributed by atoms with Crippen molar-refractivity contribution in [3.63, 3.8) is 0 Å². The molecule has 0 aromatic heterocycles. The van der Waals surface area contributed by atoms with Gasteiger partial charge in [0.05, 0.1) is 0 Å². The summed E-state index contributed by atoms with van der Waals surface area (Å²) in [5.74, 6) is 1.84. The van der Waals surface area contributed by atoms with E-state index in [0.29, 0.717) is 13.1 Å². The number of sulfonamides is 1. The Balaban J connectivity index is 2.83. The number of thioether (sulfide) groups is 2. The van der Waals surface area contributed by atoms with Crippen molar-refractivity contribution in [2.75, 3.05) is 30.9 Å². The van der Waals surface area contributed by atoms with E-state index in [1.165, 1.54) is 11.8 Å². The molecule has 1 aliphatic heterocycles. The maximum atomic E-state index is 12.1. The molecule has 0 aromatic rings. The second-order valence-electron chi connectivity index (χ2n) is 3.62. The first kappa shape index (κ1) is 12.7. The summed E-state index contributed by atoms with van der Waals surface area (Å²) in [4.78, 5) is 0. The van der Waals surface area contributed by atoms with Gasteiger partial charge in [0.2, 0.25) is 10.0 Å². The molecule has 3 nitrogen and oxygen atoms in total. The Labute approximate surface area is 95.1 Å². The van der Waals surface area contributed by atoms with Gasteiger partial charge in [0.15, 0.2) is 0 Å². The maximum Gasteiger partial charge on any atom is 0.228 e. The van der Waals surface area contributed by atoms with Crippen LogP contribution in [0.3, 0.4) is 0 Å². The topological polar surface area (TPSA) is 37.4 Å². The minimum Gasteiger partial charge on any atom is -0.211 e. The van der Waals surface area contributed by atoms with Crippen LogP contribution in [0.4, 0.5) is 0 Å². The van der Waals surface area contributed by atoms with Crippen LogP contribution in [0.5, 0.6) is 0 Å². The Morgan fingerprint density at radius 2 is 1.79 bits per heavy atom. The fraction of sp³-hybridized carbons (Fsp3) is 1.00. The standard InChI is InChI=1S/C8H17NO2S3/c1-8(2,12-3)14(10,11)9-4-6-13-7-5-9/h4-7H2,1-3H3. The van der Waals surface area contributed by atoms with E-state index in [9.17, 15) is 8.42 Å². The second-order valence-corrected chi connectivity index (χ2v) is 9.02. The van der Waals surface area contributed by atoms with Crippen LogP contribution in [0.25, 0.3) is 0 Å². The van der Waals surface area contributed by atoms with E-state index < -0.39 is 14.1 Å². The smallest absolute Gasteiger partial charge is 0.211 e. The highest BCUT2D eigenvalue weighted by molar-refractivity contribution is 8.13. The molecule has 0 aromatic carbocycles. The molecule has 0 radical (unpaired) electrons. The largest absolute Gasteiger partial charge is 0.228 e. The number of nitrogens with zero attached hydrogens (tertiary/aromatic N) is 1. The van der Waals surface area contributed by atoms with E-state index >= 15 is 0 Å². The van der Waals surface area contributed by atoms with Gasteiger partial charge in [-0.1, -0.05) is 0 Å². The van der Waals surface area contributed by atoms with Crippen molar-refractivity contribution in [3.05, 3.63) is 0 Å². The zero-order valence-electron chi connectivity index (χ0n) is 8.82. The first-order chi connectivity index (χ1) is 6.42. The quantitative estimate of drug-likeness (QED) is 0.765. The normalized spacial score (nSPS) is 21.1. The highest BCUT2D eigenvalue weighted by atomic mass is 32.3. The zero-order valence-corrected chi connectivity index (χ0v) is 11.3. The third kappa shape index (κ3) is 2.40. The van der Waals surface area contributed by atoms with Gasteiger partial charge in [-0.3, -0.25) is 0 Å². The molecule has 0 atom stereocenters. The third-order valence-corrected chi connectivity index (χ3v) is 7.77. The number of rotatable bonds is 3. The van der Waals surface area contributed by atoms with Crippen LogP contribution < -0.4 is 0 Å². The Kier molecular flexibility index (Phi) is 4.20. The van der Waals surface area contributed by atoms with Crippen molar-refractivity contribution in [3.8, 4) is 0 Å². The van der Waals surface area contributed by atoms with Gasteiger partial charge in [0, 0.05) is 24.6 Å². The minimum atomic E-state index is -3.13. The fourth-order valence-corrected chi connectivity index (χ4v) is 4.78. The van der Waals surface area contributed by atoms with Crippen molar-refractivity contribution in [1.29, 1.82) is 0 Å². The summed E-state index contributed by atoms with van der Waals surface area (Å²) in [6.07, 6.45) is 1.84. The summed E-state index contributed by atoms with van der Waals surface area (Å²) >= 11 is 3.21. The van der Waals surface area contributed by atoms with E-state index in [1.807, 2.05) is 18.0 Å². The molecule has 1 aliphatic rings. The second kappa shape index (κ2) is 4.63. The van der Waals surface area contributed by atoms with Gasteiger partial charge in [0.25, 0.3) is 0 Å². The van der Waals surface area contributed by atoms with Crippen LogP contribution in [0.15, 0.2) is 0 Å². The van der Waals surface area contributed by atoms with Crippen molar-refractivity contribution < 1.29 is 8.42 Å². The molecule has 14 heavy (non-hydrogen) atoms. The molecule has 6 heteroatoms. The van der Waals surface area contributed by atoms with Crippen molar-refractivity contribution in [2.24, 2.45) is 0 Å². The summed E-state index contributed by atoms with van der Waals surface area (Å²) in [5.41, 5.74) is 0. The van der Waals surface area contributed by atoms with Crippen molar-refractivity contribution in [2.45, 2.75) is 17.9 Å². The number of hydrogen-bond donors (Lipinski definition) is 0. The monoisotopic (exact) mass is 255 g/mol. The predicted octanol–water partition coefficient (Wildman–Crippen LogP) is 1.46. The molecule has 1 rings (SSSR count). The maximum absolute atomic E-state index is 12.1. The SMILES string of the molecule is CSC(C)(C)S(=O)(=O)N1CCSCC1. The van der Waals surface area contributed by atoms with Crippen LogP contribution in [-0.4, -0.2) is 47.7 Å². The molecule has 0 aliphatic carbocycles. The first-order valence-electron chi connectivity index (χ1n) is 4.54. The van der Waals surface area contributed by atoms with E-state index in [2.05, 4.69) is 0 Å². The lowest BCUT2D eigenvalue weighted by molar-refractivity contribution is 0.434. The molecule has 0 amide bonds. The molecule has 84 valence electrons. The number of hydrogen-bond acceptors (Lipinski definition) is 4. The molecule has 0 saturated carbocycles. The Hall–Kier alpha value is 0.610. The average Bonchev–Trinajstić information content (AvgIpc) is 2.19. The Morgan fingerprint density at radius 3 is 2.21 bits per heavy atom. The van der Waals surface area contributed by atoms with Crippen LogP contribution in [0.2, 0.25) is 0 Å². The predicted molar refractivity (Wildman–Crippen MR) is 65.4 cm³/mol. The summed E-state index contributed by atoms with van der Waals surface area (Å²) in [6, 6.07) is 0. The summed E-state index contributed by atoms with van der Waals surface area (Å²) in [6.45, 7) is 4.87. The van der Waals surface area contributed by atoms with Gasteiger partial charge in [-0.25, -0.2) is 8.42 Å². The third-order valence-electron chi connectivity index (χ3n) is 2.42. The van der Waals surface area contributed by atoms with Gasteiger partial charge >= 0.3 is 0 Å². The van der Waals surface area contributed by atoms with Crippen LogP contribution in [-0.2, 0) is 10.0 Å². The average molecular weight is 255 g/mol. The molecular weight excluding hydrogens is 238 g/mol. The summed E-state index contributed by atoms with van der Waals surface area (Å²) in [7, 11) is -3.13. The fourth-order valence-electron chi connectivity index (χ4n) is 1.20. The lowest BCUT2D eigenvalue weighted by Gasteiger charge is -2.33. The van der Waals surface area contributed by atoms with E-state index in [-0.39, 0.29) is 0 Å². The van der Waals surface area contributed by atoms with Crippen molar-refractivity contribution >= 4 is 33.5 Å². The van der Waals surface area contributed by atoms with Gasteiger partial charge in [-0.2, -0.15) is 16.1 Å². The van der Waals surface area contributed by atoms with E-state index in [0.717, 1.165) is 11.5 Å². The van der Waals surface area contributed by atoms with Gasteiger partial charge in [0.1, 0.15) is 4.08 Å². The lowest BCUT2D eigenvalue weighted by atomic mass is 10.5. The minimum absolute atomic E-state index is 0.664. The highest BCUT2D eigenvalue weighted by Crippen LogP contribution is 2.32. The Bertz CT molecular complexity index is 281. The van der Waals surface area contributed by atoms with E-state index in [4.69, 9.17) is 0 Å². The molecular formula is C8H17NO2S3. The molecule has 0 bridgehead atoms. The van der Waals surface area contributed by atoms with E-state index in [1.54, 1.807) is 18.2 Å². The first-order valence-corrected chi connectivity index (χ1v) is 8.36. The van der Waals surface area contributed by atoms with Gasteiger partial charge in [-0.05, 0) is 20.1 Å². The summed E-state index contributed by atoms with van der Waals surface area (Å²) in [5, 5.41) is 0. The zero-order chi connectivity index (χ0) is 10.8. The van der Waals surface area contributed by atoms with Gasteiger partial charge in [-0.15, -0.1) is 11.8 Å². The highest BCUT2D eigenvalue weighted by Gasteiger charge is 2.38. The molecule has 0 unspecified atom stereocenters. The molecule has 1 fully saturated rings. The summed E-state index contributed by atoms with van der Waals surface area (Å²) < 4.78 is 25.2. The lowest BCUT2D eigenvalue weighted by Crippen LogP contribution is -2.46. The molecule has 1 heterocycles. The molecule has 0 N–H and O–H groups in total. The van der Waals surface area contributed by atoms with Gasteiger partial charge < -0.3 is 0 Å². The van der Waals surface area contributed by atoms with Crippen LogP contribution in [0, 0.1) is 0 Å². The molecule has 0 spiro atoms. The van der Waals surface area contributed by atoms with Crippen LogP contribution in [0.1, 0.15) is 13.8 Å². The van der Waals surface area contributed by atoms with Crippen molar-refractivity contribution in [1.82, 2.24) is 4.31 Å². The molecule has 1 saturated heterocycles. The van der Waals surface area contributed by atoms with Crippen LogP contribution >= 0.6 is 23.5 Å². The Morgan fingerprint density at radius 1 is 1.29 bits per heavy atom.